The van der Waals surface area contributed by atoms with Gasteiger partial charge < -0.3 is 19.5 Å². The Kier molecular flexibility index (Phi) is 9.94. The summed E-state index contributed by atoms with van der Waals surface area (Å²) in [4.78, 5) is 11.2. The molecule has 7 heteroatoms. The van der Waals surface area contributed by atoms with E-state index in [2.05, 4.69) is 35.7 Å². The van der Waals surface area contributed by atoms with Gasteiger partial charge in [-0.2, -0.15) is 0 Å². The Bertz CT molecular complexity index is 1010. The monoisotopic (exact) mass is 455 g/mol. The first kappa shape index (κ1) is 25.1. The summed E-state index contributed by atoms with van der Waals surface area (Å²) in [6, 6.07) is 10.9. The maximum absolute atomic E-state index is 13.3. The zero-order valence-corrected chi connectivity index (χ0v) is 19.0. The minimum atomic E-state index is -1.64. The number of halogens is 1. The van der Waals surface area contributed by atoms with Gasteiger partial charge in [-0.25, -0.2) is 4.39 Å². The van der Waals surface area contributed by atoms with E-state index in [9.17, 15) is 9.18 Å². The number of ether oxygens (including phenoxy) is 3. The SMILES string of the molecule is C#CCOC(S)(C(=O)NCCc1ccc(OCC#CCC)c(OC)c1)c1ccc(F)cc1. The highest BCUT2D eigenvalue weighted by molar-refractivity contribution is 7.82. The topological polar surface area (TPSA) is 56.8 Å². The van der Waals surface area contributed by atoms with E-state index in [0.717, 1.165) is 12.0 Å². The summed E-state index contributed by atoms with van der Waals surface area (Å²) in [6.45, 7) is 2.44. The van der Waals surface area contributed by atoms with Crippen LogP contribution in [0.1, 0.15) is 24.5 Å². The van der Waals surface area contributed by atoms with Gasteiger partial charge in [0.2, 0.25) is 4.93 Å². The van der Waals surface area contributed by atoms with Crippen LogP contribution in [0.3, 0.4) is 0 Å². The molecule has 2 aromatic rings. The first-order valence-corrected chi connectivity index (χ1v) is 10.5. The van der Waals surface area contributed by atoms with Crippen molar-refractivity contribution in [3.63, 3.8) is 0 Å². The van der Waals surface area contributed by atoms with Crippen LogP contribution >= 0.6 is 12.6 Å². The number of methoxy groups -OCH3 is 1. The highest BCUT2D eigenvalue weighted by Gasteiger charge is 2.37. The summed E-state index contributed by atoms with van der Waals surface area (Å²) >= 11 is 4.42. The Morgan fingerprint density at radius 3 is 2.56 bits per heavy atom. The molecule has 0 fully saturated rings. The second kappa shape index (κ2) is 12.7. The van der Waals surface area contributed by atoms with Crippen molar-refractivity contribution in [3.8, 4) is 35.7 Å². The third kappa shape index (κ3) is 6.95. The number of hydrogen-bond acceptors (Lipinski definition) is 5. The summed E-state index contributed by atoms with van der Waals surface area (Å²) in [5.41, 5.74) is 1.31. The summed E-state index contributed by atoms with van der Waals surface area (Å²) < 4.78 is 29.8. The van der Waals surface area contributed by atoms with E-state index in [4.69, 9.17) is 20.6 Å². The summed E-state index contributed by atoms with van der Waals surface area (Å²) in [6.07, 6.45) is 6.57. The number of hydrogen-bond donors (Lipinski definition) is 2. The molecule has 0 spiro atoms. The molecule has 0 heterocycles. The number of terminal acetylenes is 1. The van der Waals surface area contributed by atoms with Gasteiger partial charge in [0.15, 0.2) is 11.5 Å². The molecule has 2 aromatic carbocycles. The van der Waals surface area contributed by atoms with Crippen LogP contribution in [0, 0.1) is 30.0 Å². The zero-order chi connectivity index (χ0) is 23.4. The number of carbonyl (C=O) groups excluding carboxylic acids is 1. The van der Waals surface area contributed by atoms with Crippen molar-refractivity contribution in [1.29, 1.82) is 0 Å². The molecule has 0 radical (unpaired) electrons. The Morgan fingerprint density at radius 2 is 1.91 bits per heavy atom. The highest BCUT2D eigenvalue weighted by atomic mass is 32.1. The van der Waals surface area contributed by atoms with E-state index >= 15 is 0 Å². The fourth-order valence-electron chi connectivity index (χ4n) is 2.82. The largest absolute Gasteiger partial charge is 0.493 e. The third-order valence-electron chi connectivity index (χ3n) is 4.44. The van der Waals surface area contributed by atoms with Crippen LogP contribution in [-0.4, -0.2) is 32.8 Å². The van der Waals surface area contributed by atoms with E-state index in [1.165, 1.54) is 24.3 Å². The summed E-state index contributed by atoms with van der Waals surface area (Å²) in [7, 11) is 1.56. The zero-order valence-electron chi connectivity index (χ0n) is 18.1. The Labute approximate surface area is 194 Å². The van der Waals surface area contributed by atoms with Crippen LogP contribution in [0.25, 0.3) is 0 Å². The molecule has 0 aliphatic heterocycles. The van der Waals surface area contributed by atoms with Crippen LogP contribution in [-0.2, 0) is 20.9 Å². The van der Waals surface area contributed by atoms with Gasteiger partial charge in [-0.1, -0.05) is 37.0 Å². The lowest BCUT2D eigenvalue weighted by Gasteiger charge is -2.27. The number of thiol groups is 1. The molecule has 168 valence electrons. The lowest BCUT2D eigenvalue weighted by molar-refractivity contribution is -0.135. The molecule has 0 aliphatic rings. The second-order valence-electron chi connectivity index (χ2n) is 6.63. The van der Waals surface area contributed by atoms with Crippen molar-refractivity contribution >= 4 is 18.5 Å². The number of amides is 1. The Hall–Kier alpha value is -3.13. The van der Waals surface area contributed by atoms with Crippen molar-refractivity contribution in [2.24, 2.45) is 0 Å². The Morgan fingerprint density at radius 1 is 1.16 bits per heavy atom. The molecule has 1 atom stereocenters. The summed E-state index contributed by atoms with van der Waals surface area (Å²) in [5, 5.41) is 2.80. The fourth-order valence-corrected chi connectivity index (χ4v) is 3.11. The molecule has 0 saturated carbocycles. The van der Waals surface area contributed by atoms with Crippen LogP contribution in [0.15, 0.2) is 42.5 Å². The van der Waals surface area contributed by atoms with Crippen molar-refractivity contribution in [3.05, 3.63) is 59.4 Å². The molecular formula is C25H26FNO4S. The van der Waals surface area contributed by atoms with Gasteiger partial charge in [-0.05, 0) is 36.2 Å². The van der Waals surface area contributed by atoms with Gasteiger partial charge >= 0.3 is 0 Å². The van der Waals surface area contributed by atoms with E-state index in [-0.39, 0.29) is 13.2 Å². The van der Waals surface area contributed by atoms with Crippen LogP contribution < -0.4 is 14.8 Å². The highest BCUT2D eigenvalue weighted by Crippen LogP contribution is 2.31. The lowest BCUT2D eigenvalue weighted by Crippen LogP contribution is -2.43. The summed E-state index contributed by atoms with van der Waals surface area (Å²) in [5.74, 6) is 8.43. The molecule has 2 rings (SSSR count). The maximum Gasteiger partial charge on any atom is 0.267 e. The molecule has 0 bridgehead atoms. The number of nitrogens with one attached hydrogen (secondary N) is 1. The molecule has 0 aromatic heterocycles. The fraction of sp³-hybridized carbons (Fsp3) is 0.320. The van der Waals surface area contributed by atoms with Gasteiger partial charge in [0.05, 0.1) is 7.11 Å². The molecule has 0 saturated heterocycles. The standard InChI is InChI=1S/C25H26FNO4S/c1-4-6-7-17-30-22-13-8-19(18-23(22)29-3)14-15-27-24(28)25(32,31-16-5-2)20-9-11-21(26)12-10-20/h2,8-13,18,32H,4,14-17H2,1,3H3,(H,27,28). The van der Waals surface area contributed by atoms with Gasteiger partial charge in [0.25, 0.3) is 5.91 Å². The average molecular weight is 456 g/mol. The van der Waals surface area contributed by atoms with Crippen LogP contribution in [0.2, 0.25) is 0 Å². The van der Waals surface area contributed by atoms with Gasteiger partial charge in [0, 0.05) is 18.5 Å². The molecule has 5 nitrogen and oxygen atoms in total. The van der Waals surface area contributed by atoms with E-state index in [1.807, 2.05) is 19.1 Å². The normalized spacial score (nSPS) is 12.0. The number of carbonyl (C=O) groups is 1. The predicted molar refractivity (Wildman–Crippen MR) is 125 cm³/mol. The molecule has 32 heavy (non-hydrogen) atoms. The first-order chi connectivity index (χ1) is 15.4. The minimum absolute atomic E-state index is 0.129. The van der Waals surface area contributed by atoms with E-state index in [1.54, 1.807) is 13.2 Å². The Balaban J connectivity index is 2.03. The molecule has 0 aliphatic carbocycles. The molecule has 1 N–H and O–H groups in total. The molecule has 1 amide bonds. The van der Waals surface area contributed by atoms with Crippen molar-refractivity contribution in [2.75, 3.05) is 26.9 Å². The predicted octanol–water partition coefficient (Wildman–Crippen LogP) is 3.72. The van der Waals surface area contributed by atoms with Crippen LogP contribution in [0.4, 0.5) is 4.39 Å². The van der Waals surface area contributed by atoms with Crippen molar-refractivity contribution < 1.29 is 23.4 Å². The minimum Gasteiger partial charge on any atom is -0.493 e. The third-order valence-corrected chi connectivity index (χ3v) is 5.03. The second-order valence-corrected chi connectivity index (χ2v) is 7.26. The quantitative estimate of drug-likeness (QED) is 0.326. The lowest BCUT2D eigenvalue weighted by atomic mass is 10.1. The van der Waals surface area contributed by atoms with Crippen LogP contribution in [0.5, 0.6) is 11.5 Å². The smallest absolute Gasteiger partial charge is 0.267 e. The number of benzene rings is 2. The van der Waals surface area contributed by atoms with Gasteiger partial charge in [-0.15, -0.1) is 25.0 Å². The van der Waals surface area contributed by atoms with Crippen molar-refractivity contribution in [2.45, 2.75) is 24.7 Å². The van der Waals surface area contributed by atoms with Gasteiger partial charge in [0.1, 0.15) is 19.0 Å². The first-order valence-electron chi connectivity index (χ1n) is 10.0. The number of rotatable bonds is 10. The van der Waals surface area contributed by atoms with E-state index in [0.29, 0.717) is 30.0 Å². The van der Waals surface area contributed by atoms with Crippen molar-refractivity contribution in [1.82, 2.24) is 5.32 Å². The molecule has 1 unspecified atom stereocenters. The maximum atomic E-state index is 13.3. The molecular weight excluding hydrogens is 429 g/mol. The average Bonchev–Trinajstić information content (AvgIpc) is 2.81. The van der Waals surface area contributed by atoms with Gasteiger partial charge in [-0.3, -0.25) is 4.79 Å². The van der Waals surface area contributed by atoms with E-state index < -0.39 is 16.7 Å².